The number of benzene rings is 3. The van der Waals surface area contributed by atoms with Crippen LogP contribution in [-0.4, -0.2) is 17.5 Å². The van der Waals surface area contributed by atoms with Gasteiger partial charge in [-0.05, 0) is 55.0 Å². The molecule has 0 N–H and O–H groups in total. The van der Waals surface area contributed by atoms with Gasteiger partial charge in [0.2, 0.25) is 5.76 Å². The summed E-state index contributed by atoms with van der Waals surface area (Å²) in [5.74, 6) is -0.169. The van der Waals surface area contributed by atoms with Crippen molar-refractivity contribution in [3.8, 4) is 5.75 Å². The van der Waals surface area contributed by atoms with Crippen LogP contribution in [0.4, 0.5) is 9.52 Å². The molecule has 0 fully saturated rings. The third-order valence-electron chi connectivity index (χ3n) is 5.83. The molecule has 6 nitrogen and oxygen atoms in total. The summed E-state index contributed by atoms with van der Waals surface area (Å²) in [5.41, 5.74) is 1.62. The van der Waals surface area contributed by atoms with Gasteiger partial charge in [-0.15, -0.1) is 0 Å². The lowest BCUT2D eigenvalue weighted by Crippen LogP contribution is -2.29. The van der Waals surface area contributed by atoms with E-state index in [1.807, 2.05) is 19.1 Å². The monoisotopic (exact) mass is 472 g/mol. The van der Waals surface area contributed by atoms with Gasteiger partial charge in [0.05, 0.1) is 33.8 Å². The quantitative estimate of drug-likeness (QED) is 0.336. The van der Waals surface area contributed by atoms with E-state index in [9.17, 15) is 14.0 Å². The summed E-state index contributed by atoms with van der Waals surface area (Å²) in [4.78, 5) is 33.3. The Morgan fingerprint density at radius 2 is 1.88 bits per heavy atom. The number of rotatable bonds is 4. The third kappa shape index (κ3) is 3.10. The van der Waals surface area contributed by atoms with E-state index in [-0.39, 0.29) is 22.6 Å². The van der Waals surface area contributed by atoms with Crippen LogP contribution in [-0.2, 0) is 0 Å². The fourth-order valence-corrected chi connectivity index (χ4v) is 5.35. The van der Waals surface area contributed by atoms with E-state index < -0.39 is 11.9 Å². The summed E-state index contributed by atoms with van der Waals surface area (Å²) >= 11 is 1.19. The number of fused-ring (bicyclic) bond motifs is 3. The van der Waals surface area contributed by atoms with Crippen LogP contribution in [0.15, 0.2) is 75.9 Å². The van der Waals surface area contributed by atoms with Crippen molar-refractivity contribution in [2.45, 2.75) is 13.0 Å². The highest BCUT2D eigenvalue weighted by Gasteiger charge is 2.45. The number of ether oxygens (including phenoxy) is 1. The van der Waals surface area contributed by atoms with Gasteiger partial charge < -0.3 is 9.15 Å². The molecule has 0 saturated carbocycles. The molecule has 5 aromatic rings. The summed E-state index contributed by atoms with van der Waals surface area (Å²) < 4.78 is 25.9. The van der Waals surface area contributed by atoms with Crippen LogP contribution in [0.5, 0.6) is 5.75 Å². The van der Waals surface area contributed by atoms with Gasteiger partial charge in [-0.2, -0.15) is 0 Å². The zero-order valence-electron chi connectivity index (χ0n) is 17.9. The number of nitrogens with zero attached hydrogens (tertiary/aromatic N) is 2. The largest absolute Gasteiger partial charge is 0.494 e. The maximum atomic E-state index is 13.8. The van der Waals surface area contributed by atoms with Gasteiger partial charge in [-0.1, -0.05) is 35.6 Å². The minimum absolute atomic E-state index is 0.00646. The van der Waals surface area contributed by atoms with Gasteiger partial charge >= 0.3 is 0 Å². The van der Waals surface area contributed by atoms with Crippen molar-refractivity contribution in [1.29, 1.82) is 0 Å². The Balaban J connectivity index is 1.59. The molecule has 0 saturated heterocycles. The molecule has 0 aliphatic carbocycles. The van der Waals surface area contributed by atoms with Crippen molar-refractivity contribution in [3.63, 3.8) is 0 Å². The number of halogens is 1. The molecular weight excluding hydrogens is 455 g/mol. The van der Waals surface area contributed by atoms with Crippen LogP contribution in [0.1, 0.15) is 34.6 Å². The van der Waals surface area contributed by atoms with Gasteiger partial charge in [-0.3, -0.25) is 14.5 Å². The molecular formula is C26H17FN2O4S. The maximum Gasteiger partial charge on any atom is 0.297 e. The SMILES string of the molecule is CCOc1ccc([C@H]2c3c(oc4ccccc4c3=O)C(=O)N2c2nc3ccc(F)cc3s2)cc1. The Bertz CT molecular complexity index is 1640. The van der Waals surface area contributed by atoms with Crippen LogP contribution in [0.3, 0.4) is 0 Å². The molecule has 6 rings (SSSR count). The molecule has 1 atom stereocenters. The molecule has 168 valence electrons. The predicted molar refractivity (Wildman–Crippen MR) is 128 cm³/mol. The minimum Gasteiger partial charge on any atom is -0.494 e. The molecule has 8 heteroatoms. The fraction of sp³-hybridized carbons (Fsp3) is 0.115. The van der Waals surface area contributed by atoms with E-state index in [1.165, 1.54) is 28.4 Å². The number of anilines is 1. The van der Waals surface area contributed by atoms with Crippen molar-refractivity contribution in [2.24, 2.45) is 0 Å². The molecule has 1 aliphatic rings. The second-order valence-electron chi connectivity index (χ2n) is 7.86. The number of aromatic nitrogens is 1. The first-order chi connectivity index (χ1) is 16.5. The molecule has 3 heterocycles. The molecule has 3 aromatic carbocycles. The number of amides is 1. The molecule has 0 unspecified atom stereocenters. The van der Waals surface area contributed by atoms with Gasteiger partial charge in [0.15, 0.2) is 10.6 Å². The Hall–Kier alpha value is -4.04. The summed E-state index contributed by atoms with van der Waals surface area (Å²) in [6.07, 6.45) is 0. The average molecular weight is 472 g/mol. The van der Waals surface area contributed by atoms with Crippen molar-refractivity contribution >= 4 is 43.6 Å². The van der Waals surface area contributed by atoms with Crippen molar-refractivity contribution < 1.29 is 18.3 Å². The van der Waals surface area contributed by atoms with E-state index >= 15 is 0 Å². The predicted octanol–water partition coefficient (Wildman–Crippen LogP) is 5.69. The number of hydrogen-bond donors (Lipinski definition) is 0. The topological polar surface area (TPSA) is 72.6 Å². The highest BCUT2D eigenvalue weighted by atomic mass is 32.1. The molecule has 0 bridgehead atoms. The highest BCUT2D eigenvalue weighted by molar-refractivity contribution is 7.22. The van der Waals surface area contributed by atoms with Crippen molar-refractivity contribution in [1.82, 2.24) is 4.98 Å². The Morgan fingerprint density at radius 3 is 2.68 bits per heavy atom. The number of carbonyl (C=O) groups is 1. The van der Waals surface area contributed by atoms with Crippen LogP contribution in [0, 0.1) is 5.82 Å². The standard InChI is InChI=1S/C26H17FN2O4S/c1-2-32-16-10-7-14(8-11-16)22-21-23(30)17-5-3-4-6-19(17)33-24(21)25(31)29(22)26-28-18-12-9-15(27)13-20(18)34-26/h3-13,22H,2H2,1H3/t22-/m0/s1. The summed E-state index contributed by atoms with van der Waals surface area (Å²) in [7, 11) is 0. The zero-order valence-corrected chi connectivity index (χ0v) is 18.8. The minimum atomic E-state index is -0.746. The van der Waals surface area contributed by atoms with Crippen LogP contribution < -0.4 is 15.1 Å². The van der Waals surface area contributed by atoms with Gasteiger partial charge in [0.1, 0.15) is 17.1 Å². The summed E-state index contributed by atoms with van der Waals surface area (Å²) in [5, 5.41) is 0.762. The zero-order chi connectivity index (χ0) is 23.4. The number of para-hydroxylation sites is 1. The van der Waals surface area contributed by atoms with Crippen molar-refractivity contribution in [2.75, 3.05) is 11.5 Å². The normalized spacial score (nSPS) is 15.3. The van der Waals surface area contributed by atoms with Crippen LogP contribution >= 0.6 is 11.3 Å². The smallest absolute Gasteiger partial charge is 0.297 e. The summed E-state index contributed by atoms with van der Waals surface area (Å²) in [6.45, 7) is 2.42. The molecule has 1 amide bonds. The van der Waals surface area contributed by atoms with E-state index in [4.69, 9.17) is 9.15 Å². The van der Waals surface area contributed by atoms with Crippen LogP contribution in [0.2, 0.25) is 0 Å². The lowest BCUT2D eigenvalue weighted by Gasteiger charge is -2.22. The third-order valence-corrected chi connectivity index (χ3v) is 6.85. The van der Waals surface area contributed by atoms with Crippen molar-refractivity contribution in [3.05, 3.63) is 99.7 Å². The summed E-state index contributed by atoms with van der Waals surface area (Å²) in [6, 6.07) is 17.7. The number of carbonyl (C=O) groups excluding carboxylic acids is 1. The average Bonchev–Trinajstić information content (AvgIpc) is 3.38. The molecule has 1 aliphatic heterocycles. The van der Waals surface area contributed by atoms with Gasteiger partial charge in [0, 0.05) is 0 Å². The molecule has 0 spiro atoms. The number of thiazole rings is 1. The second-order valence-corrected chi connectivity index (χ2v) is 8.87. The lowest BCUT2D eigenvalue weighted by molar-refractivity contribution is 0.0971. The Kier molecular flexibility index (Phi) is 4.70. The van der Waals surface area contributed by atoms with Gasteiger partial charge in [0.25, 0.3) is 5.91 Å². The highest BCUT2D eigenvalue weighted by Crippen LogP contribution is 2.43. The van der Waals surface area contributed by atoms with Crippen LogP contribution in [0.25, 0.3) is 21.2 Å². The van der Waals surface area contributed by atoms with E-state index in [2.05, 4.69) is 4.98 Å². The fourth-order valence-electron chi connectivity index (χ4n) is 4.33. The molecule has 0 radical (unpaired) electrons. The first-order valence-corrected chi connectivity index (χ1v) is 11.5. The molecule has 2 aromatic heterocycles. The second kappa shape index (κ2) is 7.78. The van der Waals surface area contributed by atoms with E-state index in [0.717, 1.165) is 0 Å². The van der Waals surface area contributed by atoms with E-state index in [0.29, 0.717) is 44.2 Å². The van der Waals surface area contributed by atoms with Gasteiger partial charge in [-0.25, -0.2) is 9.37 Å². The Labute approximate surface area is 196 Å². The first kappa shape index (κ1) is 20.6. The Morgan fingerprint density at radius 1 is 1.09 bits per heavy atom. The lowest BCUT2D eigenvalue weighted by atomic mass is 9.98. The first-order valence-electron chi connectivity index (χ1n) is 10.7. The number of hydrogen-bond acceptors (Lipinski definition) is 6. The maximum absolute atomic E-state index is 13.8. The molecule has 34 heavy (non-hydrogen) atoms. The van der Waals surface area contributed by atoms with E-state index in [1.54, 1.807) is 42.5 Å².